The Morgan fingerprint density at radius 2 is 2.19 bits per heavy atom. The van der Waals surface area contributed by atoms with Crippen molar-refractivity contribution in [2.75, 3.05) is 12.8 Å². The molecule has 2 aromatic rings. The van der Waals surface area contributed by atoms with Crippen LogP contribution < -0.4 is 5.73 Å². The molecule has 1 aromatic carbocycles. The number of aromatic nitrogens is 1. The molecule has 2 N–H and O–H groups in total. The summed E-state index contributed by atoms with van der Waals surface area (Å²) in [6.45, 7) is 0. The molecular formula is C12H12N2O2. The summed E-state index contributed by atoms with van der Waals surface area (Å²) in [7, 11) is 1.36. The van der Waals surface area contributed by atoms with Gasteiger partial charge in [0.15, 0.2) is 0 Å². The second-order valence-corrected chi connectivity index (χ2v) is 3.39. The van der Waals surface area contributed by atoms with E-state index in [0.717, 1.165) is 5.69 Å². The topological polar surface area (TPSA) is 57.2 Å². The van der Waals surface area contributed by atoms with Gasteiger partial charge in [0.25, 0.3) is 0 Å². The SMILES string of the molecule is COC(=O)c1cccc(-n2ccc(N)c2)c1. The van der Waals surface area contributed by atoms with Crippen LogP contribution >= 0.6 is 0 Å². The van der Waals surface area contributed by atoms with Crippen molar-refractivity contribution in [1.29, 1.82) is 0 Å². The molecule has 0 saturated carbocycles. The van der Waals surface area contributed by atoms with Gasteiger partial charge in [-0.1, -0.05) is 6.07 Å². The number of esters is 1. The molecule has 82 valence electrons. The third-order valence-corrected chi connectivity index (χ3v) is 2.28. The van der Waals surface area contributed by atoms with E-state index in [0.29, 0.717) is 11.3 Å². The van der Waals surface area contributed by atoms with Crippen molar-refractivity contribution in [2.45, 2.75) is 0 Å². The summed E-state index contributed by atoms with van der Waals surface area (Å²) < 4.78 is 6.51. The molecule has 4 heteroatoms. The second-order valence-electron chi connectivity index (χ2n) is 3.39. The molecule has 0 saturated heterocycles. The maximum atomic E-state index is 11.3. The lowest BCUT2D eigenvalue weighted by Gasteiger charge is -2.04. The lowest BCUT2D eigenvalue weighted by Crippen LogP contribution is -2.02. The molecule has 0 aliphatic carbocycles. The first-order valence-corrected chi connectivity index (χ1v) is 4.83. The third-order valence-electron chi connectivity index (χ3n) is 2.28. The fourth-order valence-electron chi connectivity index (χ4n) is 1.48. The number of nitrogens with two attached hydrogens (primary N) is 1. The molecule has 0 spiro atoms. The molecule has 1 heterocycles. The first-order chi connectivity index (χ1) is 7.70. The lowest BCUT2D eigenvalue weighted by molar-refractivity contribution is 0.0600. The van der Waals surface area contributed by atoms with Crippen LogP contribution in [0.2, 0.25) is 0 Å². The van der Waals surface area contributed by atoms with Crippen LogP contribution in [0.5, 0.6) is 0 Å². The van der Waals surface area contributed by atoms with Crippen molar-refractivity contribution in [3.63, 3.8) is 0 Å². The zero-order chi connectivity index (χ0) is 11.5. The number of nitrogens with zero attached hydrogens (tertiary/aromatic N) is 1. The summed E-state index contributed by atoms with van der Waals surface area (Å²) in [5, 5.41) is 0. The van der Waals surface area contributed by atoms with Gasteiger partial charge in [-0.05, 0) is 24.3 Å². The van der Waals surface area contributed by atoms with Crippen molar-refractivity contribution in [3.8, 4) is 5.69 Å². The Morgan fingerprint density at radius 3 is 2.81 bits per heavy atom. The normalized spacial score (nSPS) is 10.1. The highest BCUT2D eigenvalue weighted by Crippen LogP contribution is 2.14. The Balaban J connectivity index is 2.39. The molecule has 16 heavy (non-hydrogen) atoms. The number of hydrogen-bond donors (Lipinski definition) is 1. The third kappa shape index (κ3) is 1.91. The molecule has 0 bridgehead atoms. The predicted molar refractivity (Wildman–Crippen MR) is 61.5 cm³/mol. The van der Waals surface area contributed by atoms with E-state index in [4.69, 9.17) is 5.73 Å². The van der Waals surface area contributed by atoms with Gasteiger partial charge >= 0.3 is 5.97 Å². The molecule has 0 aliphatic heterocycles. The van der Waals surface area contributed by atoms with E-state index in [1.165, 1.54) is 7.11 Å². The smallest absolute Gasteiger partial charge is 0.337 e. The molecule has 0 atom stereocenters. The Bertz CT molecular complexity index is 517. The Morgan fingerprint density at radius 1 is 1.38 bits per heavy atom. The first-order valence-electron chi connectivity index (χ1n) is 4.83. The Kier molecular flexibility index (Phi) is 2.64. The van der Waals surface area contributed by atoms with Crippen LogP contribution in [0.25, 0.3) is 5.69 Å². The maximum absolute atomic E-state index is 11.3. The van der Waals surface area contributed by atoms with Crippen LogP contribution in [0.4, 0.5) is 5.69 Å². The van der Waals surface area contributed by atoms with Gasteiger partial charge in [0.1, 0.15) is 0 Å². The molecule has 0 aliphatic rings. The van der Waals surface area contributed by atoms with Crippen LogP contribution in [-0.2, 0) is 4.74 Å². The molecule has 0 fully saturated rings. The second kappa shape index (κ2) is 4.10. The average molecular weight is 216 g/mol. The minimum Gasteiger partial charge on any atom is -0.465 e. The van der Waals surface area contributed by atoms with Crippen molar-refractivity contribution in [3.05, 3.63) is 48.3 Å². The first kappa shape index (κ1) is 10.3. The minimum absolute atomic E-state index is 0.345. The highest BCUT2D eigenvalue weighted by molar-refractivity contribution is 5.89. The Hall–Kier alpha value is -2.23. The summed E-state index contributed by atoms with van der Waals surface area (Å²) in [5.74, 6) is -0.345. The summed E-state index contributed by atoms with van der Waals surface area (Å²) in [5.41, 5.74) is 7.71. The zero-order valence-corrected chi connectivity index (χ0v) is 8.88. The van der Waals surface area contributed by atoms with E-state index in [1.807, 2.05) is 16.8 Å². The highest BCUT2D eigenvalue weighted by atomic mass is 16.5. The number of carbonyl (C=O) groups is 1. The predicted octanol–water partition coefficient (Wildman–Crippen LogP) is 1.85. The number of benzene rings is 1. The fourth-order valence-corrected chi connectivity index (χ4v) is 1.48. The van der Waals surface area contributed by atoms with Gasteiger partial charge in [-0.15, -0.1) is 0 Å². The molecule has 0 radical (unpaired) electrons. The molecular weight excluding hydrogens is 204 g/mol. The number of rotatable bonds is 2. The lowest BCUT2D eigenvalue weighted by atomic mass is 10.2. The molecule has 4 nitrogen and oxygen atoms in total. The molecule has 0 unspecified atom stereocenters. The maximum Gasteiger partial charge on any atom is 0.337 e. The number of anilines is 1. The summed E-state index contributed by atoms with van der Waals surface area (Å²) in [4.78, 5) is 11.3. The van der Waals surface area contributed by atoms with Gasteiger partial charge in [-0.2, -0.15) is 0 Å². The molecule has 1 aromatic heterocycles. The number of carbonyl (C=O) groups excluding carboxylic acids is 1. The van der Waals surface area contributed by atoms with E-state index in [1.54, 1.807) is 30.5 Å². The number of nitrogen functional groups attached to an aromatic ring is 1. The summed E-state index contributed by atoms with van der Waals surface area (Å²) >= 11 is 0. The van der Waals surface area contributed by atoms with E-state index in [9.17, 15) is 4.79 Å². The van der Waals surface area contributed by atoms with Crippen molar-refractivity contribution in [2.24, 2.45) is 0 Å². The van der Waals surface area contributed by atoms with Gasteiger partial charge in [0.05, 0.1) is 12.7 Å². The zero-order valence-electron chi connectivity index (χ0n) is 8.88. The number of methoxy groups -OCH3 is 1. The monoisotopic (exact) mass is 216 g/mol. The quantitative estimate of drug-likeness (QED) is 0.779. The fraction of sp³-hybridized carbons (Fsp3) is 0.0833. The van der Waals surface area contributed by atoms with Crippen molar-refractivity contribution in [1.82, 2.24) is 4.57 Å². The molecule has 2 rings (SSSR count). The van der Waals surface area contributed by atoms with E-state index < -0.39 is 0 Å². The van der Waals surface area contributed by atoms with Crippen LogP contribution in [0.15, 0.2) is 42.7 Å². The average Bonchev–Trinajstić information content (AvgIpc) is 2.75. The van der Waals surface area contributed by atoms with E-state index >= 15 is 0 Å². The largest absolute Gasteiger partial charge is 0.465 e. The molecule has 0 amide bonds. The van der Waals surface area contributed by atoms with Crippen molar-refractivity contribution < 1.29 is 9.53 Å². The summed E-state index contributed by atoms with van der Waals surface area (Å²) in [6.07, 6.45) is 3.63. The van der Waals surface area contributed by atoms with Gasteiger partial charge < -0.3 is 15.0 Å². The van der Waals surface area contributed by atoms with Gasteiger partial charge in [-0.3, -0.25) is 0 Å². The number of hydrogen-bond acceptors (Lipinski definition) is 3. The van der Waals surface area contributed by atoms with Crippen LogP contribution in [0.3, 0.4) is 0 Å². The van der Waals surface area contributed by atoms with Gasteiger partial charge in [0.2, 0.25) is 0 Å². The standard InChI is InChI=1S/C12H12N2O2/c1-16-12(15)9-3-2-4-11(7-9)14-6-5-10(13)8-14/h2-8H,13H2,1H3. The van der Waals surface area contributed by atoms with Gasteiger partial charge in [0, 0.05) is 23.8 Å². The van der Waals surface area contributed by atoms with Gasteiger partial charge in [-0.25, -0.2) is 4.79 Å². The van der Waals surface area contributed by atoms with Crippen molar-refractivity contribution >= 4 is 11.7 Å². The van der Waals surface area contributed by atoms with Crippen LogP contribution in [0, 0.1) is 0 Å². The van der Waals surface area contributed by atoms with E-state index in [2.05, 4.69) is 4.74 Å². The van der Waals surface area contributed by atoms with E-state index in [-0.39, 0.29) is 5.97 Å². The van der Waals surface area contributed by atoms with Crippen LogP contribution in [-0.4, -0.2) is 17.6 Å². The number of ether oxygens (including phenoxy) is 1. The Labute approximate surface area is 93.3 Å². The summed E-state index contributed by atoms with van der Waals surface area (Å²) in [6, 6.07) is 8.96. The minimum atomic E-state index is -0.345. The van der Waals surface area contributed by atoms with Crippen LogP contribution in [0.1, 0.15) is 10.4 Å². The highest BCUT2D eigenvalue weighted by Gasteiger charge is 2.06.